The predicted molar refractivity (Wildman–Crippen MR) is 95.8 cm³/mol. The molecule has 1 heterocycles. The van der Waals surface area contributed by atoms with Crippen molar-refractivity contribution in [1.29, 1.82) is 0 Å². The molecule has 0 aliphatic carbocycles. The lowest BCUT2D eigenvalue weighted by molar-refractivity contribution is -0.119. The van der Waals surface area contributed by atoms with Gasteiger partial charge in [0.25, 0.3) is 5.91 Å². The number of hydrogen-bond donors (Lipinski definition) is 2. The van der Waals surface area contributed by atoms with Crippen molar-refractivity contribution in [3.05, 3.63) is 59.6 Å². The number of amides is 2. The van der Waals surface area contributed by atoms with Crippen LogP contribution in [0.3, 0.4) is 0 Å². The molecule has 0 spiro atoms. The molecule has 0 saturated carbocycles. The van der Waals surface area contributed by atoms with Crippen molar-refractivity contribution in [2.24, 2.45) is 0 Å². The monoisotopic (exact) mass is 356 g/mol. The number of halogens is 1. The summed E-state index contributed by atoms with van der Waals surface area (Å²) in [4.78, 5) is 24.1. The lowest BCUT2D eigenvalue weighted by Gasteiger charge is -2.08. The van der Waals surface area contributed by atoms with Gasteiger partial charge in [-0.25, -0.2) is 4.39 Å². The summed E-state index contributed by atoms with van der Waals surface area (Å²) >= 11 is 0. The van der Waals surface area contributed by atoms with Gasteiger partial charge in [0, 0.05) is 29.4 Å². The first kappa shape index (κ1) is 17.6. The van der Waals surface area contributed by atoms with Crippen molar-refractivity contribution in [1.82, 2.24) is 0 Å². The Hall–Kier alpha value is -3.19. The molecule has 134 valence electrons. The van der Waals surface area contributed by atoms with E-state index in [-0.39, 0.29) is 18.3 Å². The fourth-order valence-electron chi connectivity index (χ4n) is 2.60. The Labute approximate surface area is 148 Å². The van der Waals surface area contributed by atoms with Crippen molar-refractivity contribution < 1.29 is 23.1 Å². The molecule has 0 bridgehead atoms. The first-order valence-corrected chi connectivity index (χ1v) is 7.87. The Bertz CT molecular complexity index is 981. The van der Waals surface area contributed by atoms with E-state index >= 15 is 0 Å². The zero-order valence-corrected chi connectivity index (χ0v) is 14.3. The van der Waals surface area contributed by atoms with Gasteiger partial charge in [-0.3, -0.25) is 9.59 Å². The van der Waals surface area contributed by atoms with Gasteiger partial charge in [-0.05, 0) is 43.3 Å². The molecule has 3 rings (SSSR count). The molecule has 0 unspecified atom stereocenters. The normalized spacial score (nSPS) is 10.7. The third-order valence-electron chi connectivity index (χ3n) is 3.78. The van der Waals surface area contributed by atoms with Crippen molar-refractivity contribution in [2.75, 3.05) is 24.4 Å². The smallest absolute Gasteiger partial charge is 0.291 e. The Balaban J connectivity index is 1.80. The van der Waals surface area contributed by atoms with Gasteiger partial charge in [-0.15, -0.1) is 0 Å². The summed E-state index contributed by atoms with van der Waals surface area (Å²) in [6.45, 7) is 1.63. The molecule has 1 aromatic heterocycles. The van der Waals surface area contributed by atoms with Crippen LogP contribution in [0.25, 0.3) is 11.0 Å². The van der Waals surface area contributed by atoms with E-state index in [1.54, 1.807) is 31.2 Å². The Morgan fingerprint density at radius 2 is 1.85 bits per heavy atom. The molecule has 26 heavy (non-hydrogen) atoms. The second-order valence-corrected chi connectivity index (χ2v) is 5.71. The molecule has 2 aromatic carbocycles. The van der Waals surface area contributed by atoms with Crippen molar-refractivity contribution in [2.45, 2.75) is 6.92 Å². The molecule has 0 atom stereocenters. The van der Waals surface area contributed by atoms with E-state index in [2.05, 4.69) is 10.6 Å². The number of ether oxygens (including phenoxy) is 1. The molecule has 0 fully saturated rings. The lowest BCUT2D eigenvalue weighted by Crippen LogP contribution is -2.17. The number of furan rings is 1. The highest BCUT2D eigenvalue weighted by atomic mass is 19.1. The molecule has 0 saturated heterocycles. The largest absolute Gasteiger partial charge is 0.451 e. The Morgan fingerprint density at radius 3 is 2.58 bits per heavy atom. The van der Waals surface area contributed by atoms with E-state index in [0.29, 0.717) is 27.9 Å². The third-order valence-corrected chi connectivity index (χ3v) is 3.78. The fraction of sp³-hybridized carbons (Fsp3) is 0.158. The molecule has 3 aromatic rings. The zero-order chi connectivity index (χ0) is 18.7. The topological polar surface area (TPSA) is 80.6 Å². The molecule has 2 amide bonds. The molecule has 2 N–H and O–H groups in total. The highest BCUT2D eigenvalue weighted by Gasteiger charge is 2.18. The third kappa shape index (κ3) is 3.73. The second-order valence-electron chi connectivity index (χ2n) is 5.71. The summed E-state index contributed by atoms with van der Waals surface area (Å²) in [6.07, 6.45) is 0. The molecule has 7 heteroatoms. The van der Waals surface area contributed by atoms with Crippen LogP contribution in [0.15, 0.2) is 46.9 Å². The zero-order valence-electron chi connectivity index (χ0n) is 14.3. The van der Waals surface area contributed by atoms with E-state index in [4.69, 9.17) is 9.15 Å². The predicted octanol–water partition coefficient (Wildman–Crippen LogP) is 3.72. The molecule has 6 nitrogen and oxygen atoms in total. The van der Waals surface area contributed by atoms with Gasteiger partial charge in [-0.1, -0.05) is 6.07 Å². The van der Waals surface area contributed by atoms with Gasteiger partial charge in [0.2, 0.25) is 5.91 Å². The quantitative estimate of drug-likeness (QED) is 0.730. The van der Waals surface area contributed by atoms with Crippen molar-refractivity contribution in [3.63, 3.8) is 0 Å². The average molecular weight is 356 g/mol. The maximum absolute atomic E-state index is 13.4. The number of hydrogen-bond acceptors (Lipinski definition) is 4. The van der Waals surface area contributed by atoms with Crippen LogP contribution in [0, 0.1) is 12.7 Å². The maximum atomic E-state index is 13.4. The first-order chi connectivity index (χ1) is 12.5. The van der Waals surface area contributed by atoms with Gasteiger partial charge in [0.15, 0.2) is 5.76 Å². The highest BCUT2D eigenvalue weighted by molar-refractivity contribution is 6.06. The summed E-state index contributed by atoms with van der Waals surface area (Å²) < 4.78 is 23.7. The summed E-state index contributed by atoms with van der Waals surface area (Å²) in [5, 5.41) is 5.92. The van der Waals surface area contributed by atoms with Crippen molar-refractivity contribution in [3.8, 4) is 0 Å². The van der Waals surface area contributed by atoms with E-state index in [9.17, 15) is 14.0 Å². The average Bonchev–Trinajstić information content (AvgIpc) is 2.92. The summed E-state index contributed by atoms with van der Waals surface area (Å²) in [7, 11) is 1.43. The molecule has 0 aliphatic heterocycles. The van der Waals surface area contributed by atoms with Crippen molar-refractivity contribution >= 4 is 34.2 Å². The summed E-state index contributed by atoms with van der Waals surface area (Å²) in [6, 6.07) is 10.8. The number of benzene rings is 2. The standard InChI is InChI=1S/C19H17FN2O4/c1-11-15-8-12(20)6-7-16(15)26-18(11)19(24)22-14-5-3-4-13(9-14)21-17(23)10-25-2/h3-9H,10H2,1-2H3,(H,21,23)(H,22,24). The van der Waals surface area contributed by atoms with Gasteiger partial charge >= 0.3 is 0 Å². The van der Waals surface area contributed by atoms with Gasteiger partial charge in [0.05, 0.1) is 0 Å². The number of carbonyl (C=O) groups excluding carboxylic acids is 2. The van der Waals surface area contributed by atoms with Gasteiger partial charge < -0.3 is 19.8 Å². The van der Waals surface area contributed by atoms with Crippen LogP contribution in [-0.4, -0.2) is 25.5 Å². The van der Waals surface area contributed by atoms with Crippen LogP contribution in [-0.2, 0) is 9.53 Å². The SMILES string of the molecule is COCC(=O)Nc1cccc(NC(=O)c2oc3ccc(F)cc3c2C)c1. The van der Waals surface area contributed by atoms with E-state index in [1.165, 1.54) is 25.3 Å². The van der Waals surface area contributed by atoms with Crippen LogP contribution in [0.2, 0.25) is 0 Å². The Kier molecular flexibility index (Phi) is 4.99. The molecular formula is C19H17FN2O4. The number of carbonyl (C=O) groups is 2. The minimum absolute atomic E-state index is 0.0642. The minimum Gasteiger partial charge on any atom is -0.451 e. The highest BCUT2D eigenvalue weighted by Crippen LogP contribution is 2.27. The van der Waals surface area contributed by atoms with Gasteiger partial charge in [-0.2, -0.15) is 0 Å². The van der Waals surface area contributed by atoms with E-state index in [0.717, 1.165) is 0 Å². The fourth-order valence-corrected chi connectivity index (χ4v) is 2.60. The van der Waals surface area contributed by atoms with E-state index in [1.807, 2.05) is 0 Å². The first-order valence-electron chi connectivity index (χ1n) is 7.87. The van der Waals surface area contributed by atoms with Crippen LogP contribution in [0.4, 0.5) is 15.8 Å². The van der Waals surface area contributed by atoms with Crippen LogP contribution < -0.4 is 10.6 Å². The molecule has 0 aliphatic rings. The number of aryl methyl sites for hydroxylation is 1. The number of anilines is 2. The van der Waals surface area contributed by atoms with Gasteiger partial charge in [0.1, 0.15) is 18.0 Å². The van der Waals surface area contributed by atoms with E-state index < -0.39 is 11.7 Å². The Morgan fingerprint density at radius 1 is 1.12 bits per heavy atom. The summed E-state index contributed by atoms with van der Waals surface area (Å²) in [5.41, 5.74) is 2.00. The molecular weight excluding hydrogens is 339 g/mol. The molecule has 0 radical (unpaired) electrons. The maximum Gasteiger partial charge on any atom is 0.291 e. The van der Waals surface area contributed by atoms with Crippen LogP contribution >= 0.6 is 0 Å². The minimum atomic E-state index is -0.459. The number of methoxy groups -OCH3 is 1. The summed E-state index contributed by atoms with van der Waals surface area (Å²) in [5.74, 6) is -1.04. The second kappa shape index (κ2) is 7.37. The van der Waals surface area contributed by atoms with Crippen LogP contribution in [0.5, 0.6) is 0 Å². The lowest BCUT2D eigenvalue weighted by atomic mass is 10.1. The van der Waals surface area contributed by atoms with Crippen LogP contribution in [0.1, 0.15) is 16.1 Å². The number of rotatable bonds is 5. The number of fused-ring (bicyclic) bond motifs is 1. The number of nitrogens with one attached hydrogen (secondary N) is 2.